The van der Waals surface area contributed by atoms with E-state index in [1.807, 2.05) is 6.92 Å². The highest BCUT2D eigenvalue weighted by molar-refractivity contribution is 5.80. The van der Waals surface area contributed by atoms with Gasteiger partial charge in [-0.15, -0.1) is 0 Å². The van der Waals surface area contributed by atoms with Crippen LogP contribution in [0.5, 0.6) is 0 Å². The molecule has 1 fully saturated rings. The van der Waals surface area contributed by atoms with Crippen LogP contribution in [-0.2, 0) is 4.79 Å². The molecule has 0 aromatic rings. The molecule has 0 saturated heterocycles. The molecule has 0 aromatic carbocycles. The topological polar surface area (TPSA) is 84.6 Å². The van der Waals surface area contributed by atoms with Crippen LogP contribution in [0.2, 0.25) is 0 Å². The van der Waals surface area contributed by atoms with Crippen molar-refractivity contribution in [1.82, 2.24) is 9.80 Å². The Morgan fingerprint density at radius 3 is 2.47 bits per heavy atom. The molecule has 1 aliphatic rings. The quantitative estimate of drug-likeness (QED) is 0.755. The first-order valence-electron chi connectivity index (χ1n) is 6.63. The number of rotatable bonds is 7. The Labute approximate surface area is 113 Å². The van der Waals surface area contributed by atoms with Gasteiger partial charge in [-0.05, 0) is 32.6 Å². The first-order chi connectivity index (χ1) is 8.97. The molecule has 6 nitrogen and oxygen atoms in total. The minimum atomic E-state index is -1.00. The van der Waals surface area contributed by atoms with Crippen molar-refractivity contribution in [3.8, 4) is 6.07 Å². The maximum atomic E-state index is 12.3. The van der Waals surface area contributed by atoms with Crippen LogP contribution in [-0.4, -0.2) is 53.1 Å². The zero-order valence-electron chi connectivity index (χ0n) is 11.5. The van der Waals surface area contributed by atoms with Crippen molar-refractivity contribution >= 4 is 12.0 Å². The predicted octanol–water partition coefficient (Wildman–Crippen LogP) is 1.38. The average molecular weight is 267 g/mol. The molecule has 0 aliphatic heterocycles. The Morgan fingerprint density at radius 2 is 2.05 bits per heavy atom. The molecule has 6 heteroatoms. The zero-order valence-corrected chi connectivity index (χ0v) is 11.5. The number of amides is 2. The van der Waals surface area contributed by atoms with Crippen molar-refractivity contribution in [2.24, 2.45) is 11.8 Å². The first kappa shape index (κ1) is 15.3. The summed E-state index contributed by atoms with van der Waals surface area (Å²) in [5.41, 5.74) is 0. The maximum Gasteiger partial charge on any atom is 0.323 e. The molecular formula is C13H21N3O3. The van der Waals surface area contributed by atoms with Gasteiger partial charge in [-0.3, -0.25) is 4.79 Å². The van der Waals surface area contributed by atoms with Crippen molar-refractivity contribution < 1.29 is 14.7 Å². The number of carboxylic acid groups (broad SMARTS) is 1. The summed E-state index contributed by atoms with van der Waals surface area (Å²) < 4.78 is 0. The van der Waals surface area contributed by atoms with E-state index in [9.17, 15) is 9.59 Å². The van der Waals surface area contributed by atoms with Crippen LogP contribution in [0, 0.1) is 23.2 Å². The SMILES string of the molecule is CCN(CC(C)C#N)C(=O)N(CC(=O)O)CC1CC1. The highest BCUT2D eigenvalue weighted by Crippen LogP contribution is 2.30. The van der Waals surface area contributed by atoms with Gasteiger partial charge < -0.3 is 14.9 Å². The molecule has 19 heavy (non-hydrogen) atoms. The molecule has 0 radical (unpaired) electrons. The Bertz CT molecular complexity index is 374. The van der Waals surface area contributed by atoms with Crippen LogP contribution < -0.4 is 0 Å². The van der Waals surface area contributed by atoms with E-state index in [0.717, 1.165) is 12.8 Å². The monoisotopic (exact) mass is 267 g/mol. The van der Waals surface area contributed by atoms with Crippen LogP contribution in [0.15, 0.2) is 0 Å². The van der Waals surface area contributed by atoms with Gasteiger partial charge in [0.05, 0.1) is 12.0 Å². The fourth-order valence-corrected chi connectivity index (χ4v) is 1.90. The lowest BCUT2D eigenvalue weighted by Gasteiger charge is -2.29. The predicted molar refractivity (Wildman–Crippen MR) is 69.4 cm³/mol. The Hall–Kier alpha value is -1.77. The zero-order chi connectivity index (χ0) is 14.4. The molecular weight excluding hydrogens is 246 g/mol. The number of hydrogen-bond acceptors (Lipinski definition) is 3. The Morgan fingerprint density at radius 1 is 1.42 bits per heavy atom. The second-order valence-corrected chi connectivity index (χ2v) is 5.07. The van der Waals surface area contributed by atoms with E-state index >= 15 is 0 Å². The highest BCUT2D eigenvalue weighted by atomic mass is 16.4. The number of carboxylic acids is 1. The summed E-state index contributed by atoms with van der Waals surface area (Å²) in [6.07, 6.45) is 2.12. The third-order valence-electron chi connectivity index (χ3n) is 3.14. The van der Waals surface area contributed by atoms with E-state index in [4.69, 9.17) is 10.4 Å². The molecule has 0 bridgehead atoms. The first-order valence-corrected chi connectivity index (χ1v) is 6.63. The van der Waals surface area contributed by atoms with Gasteiger partial charge in [0.25, 0.3) is 0 Å². The summed E-state index contributed by atoms with van der Waals surface area (Å²) in [6.45, 7) is 4.63. The molecule has 106 valence electrons. The van der Waals surface area contributed by atoms with Crippen molar-refractivity contribution in [3.63, 3.8) is 0 Å². The summed E-state index contributed by atoms with van der Waals surface area (Å²) in [5.74, 6) is -0.815. The lowest BCUT2D eigenvalue weighted by Crippen LogP contribution is -2.47. The molecule has 1 aliphatic carbocycles. The average Bonchev–Trinajstić information content (AvgIpc) is 3.17. The van der Waals surface area contributed by atoms with Gasteiger partial charge in [-0.2, -0.15) is 5.26 Å². The molecule has 1 N–H and O–H groups in total. The third kappa shape index (κ3) is 5.16. The van der Waals surface area contributed by atoms with Crippen LogP contribution in [0.1, 0.15) is 26.7 Å². The summed E-state index contributed by atoms with van der Waals surface area (Å²) in [5, 5.41) is 17.7. The van der Waals surface area contributed by atoms with Crippen molar-refractivity contribution in [1.29, 1.82) is 5.26 Å². The van der Waals surface area contributed by atoms with Crippen LogP contribution in [0.4, 0.5) is 4.79 Å². The molecule has 1 unspecified atom stereocenters. The number of hydrogen-bond donors (Lipinski definition) is 1. The number of nitriles is 1. The van der Waals surface area contributed by atoms with Gasteiger partial charge >= 0.3 is 12.0 Å². The Balaban J connectivity index is 2.65. The maximum absolute atomic E-state index is 12.3. The van der Waals surface area contributed by atoms with Crippen LogP contribution >= 0.6 is 0 Å². The third-order valence-corrected chi connectivity index (χ3v) is 3.14. The van der Waals surface area contributed by atoms with Gasteiger partial charge in [0.15, 0.2) is 0 Å². The van der Waals surface area contributed by atoms with Gasteiger partial charge in [-0.25, -0.2) is 4.79 Å². The van der Waals surface area contributed by atoms with E-state index in [0.29, 0.717) is 25.6 Å². The molecule has 0 heterocycles. The number of urea groups is 1. The minimum Gasteiger partial charge on any atom is -0.480 e. The number of carbonyl (C=O) groups excluding carboxylic acids is 1. The second kappa shape index (κ2) is 6.98. The summed E-state index contributed by atoms with van der Waals surface area (Å²) in [7, 11) is 0. The van der Waals surface area contributed by atoms with Crippen molar-refractivity contribution in [3.05, 3.63) is 0 Å². The minimum absolute atomic E-state index is 0.253. The lowest BCUT2D eigenvalue weighted by molar-refractivity contribution is -0.137. The van der Waals surface area contributed by atoms with E-state index in [-0.39, 0.29) is 18.5 Å². The molecule has 0 aromatic heterocycles. The van der Waals surface area contributed by atoms with Gasteiger partial charge in [0.2, 0.25) is 0 Å². The summed E-state index contributed by atoms with van der Waals surface area (Å²) >= 11 is 0. The smallest absolute Gasteiger partial charge is 0.323 e. The highest BCUT2D eigenvalue weighted by Gasteiger charge is 2.30. The molecule has 2 amide bonds. The van der Waals surface area contributed by atoms with E-state index in [2.05, 4.69) is 6.07 Å². The standard InChI is InChI=1S/C13H21N3O3/c1-3-15(7-10(2)6-14)13(19)16(9-12(17)18)8-11-4-5-11/h10-11H,3-5,7-9H2,1-2H3,(H,17,18). The molecule has 1 rings (SSSR count). The van der Waals surface area contributed by atoms with Crippen LogP contribution in [0.25, 0.3) is 0 Å². The van der Waals surface area contributed by atoms with E-state index in [1.54, 1.807) is 11.8 Å². The van der Waals surface area contributed by atoms with Gasteiger partial charge in [0.1, 0.15) is 6.54 Å². The fourth-order valence-electron chi connectivity index (χ4n) is 1.90. The lowest BCUT2D eigenvalue weighted by atomic mass is 10.2. The van der Waals surface area contributed by atoms with Crippen molar-refractivity contribution in [2.75, 3.05) is 26.2 Å². The number of carbonyl (C=O) groups is 2. The van der Waals surface area contributed by atoms with E-state index < -0.39 is 5.97 Å². The van der Waals surface area contributed by atoms with Gasteiger partial charge in [0, 0.05) is 19.6 Å². The number of nitrogens with zero attached hydrogens (tertiary/aromatic N) is 3. The van der Waals surface area contributed by atoms with Crippen molar-refractivity contribution in [2.45, 2.75) is 26.7 Å². The van der Waals surface area contributed by atoms with Gasteiger partial charge in [-0.1, -0.05) is 0 Å². The van der Waals surface area contributed by atoms with Crippen LogP contribution in [0.3, 0.4) is 0 Å². The molecule has 0 spiro atoms. The fraction of sp³-hybridized carbons (Fsp3) is 0.769. The van der Waals surface area contributed by atoms with E-state index in [1.165, 1.54) is 4.90 Å². The largest absolute Gasteiger partial charge is 0.480 e. The summed E-state index contributed by atoms with van der Waals surface area (Å²) in [6, 6.07) is 1.81. The molecule has 1 atom stereocenters. The second-order valence-electron chi connectivity index (χ2n) is 5.07. The number of aliphatic carboxylic acids is 1. The Kier molecular flexibility index (Phi) is 5.61. The molecule has 1 saturated carbocycles. The summed E-state index contributed by atoms with van der Waals surface area (Å²) in [4.78, 5) is 26.1. The normalized spacial score (nSPS) is 15.4.